The van der Waals surface area contributed by atoms with Crippen molar-refractivity contribution < 1.29 is 8.78 Å². The standard InChI is InChI=1S/C13H19F2N3/c1-13(2,3)18-12(16)17-7-6-9-4-5-10(14)8-11(9)15/h4-5,8H,6-7H2,1-3H3,(H3,16,17,18). The van der Waals surface area contributed by atoms with E-state index < -0.39 is 11.6 Å². The van der Waals surface area contributed by atoms with Crippen LogP contribution in [0.25, 0.3) is 0 Å². The van der Waals surface area contributed by atoms with Crippen LogP contribution in [-0.4, -0.2) is 18.0 Å². The minimum atomic E-state index is -0.575. The van der Waals surface area contributed by atoms with Gasteiger partial charge in [-0.25, -0.2) is 8.78 Å². The van der Waals surface area contributed by atoms with Crippen molar-refractivity contribution >= 4 is 5.96 Å². The molecule has 0 radical (unpaired) electrons. The van der Waals surface area contributed by atoms with Crippen molar-refractivity contribution in [3.8, 4) is 0 Å². The number of benzene rings is 1. The van der Waals surface area contributed by atoms with Gasteiger partial charge in [-0.05, 0) is 38.8 Å². The van der Waals surface area contributed by atoms with Crippen LogP contribution in [0.4, 0.5) is 8.78 Å². The molecule has 0 aliphatic rings. The normalized spacial score (nSPS) is 12.6. The molecule has 100 valence electrons. The smallest absolute Gasteiger partial charge is 0.188 e. The predicted molar refractivity (Wildman–Crippen MR) is 69.4 cm³/mol. The molecule has 0 aliphatic heterocycles. The van der Waals surface area contributed by atoms with Crippen LogP contribution in [0.1, 0.15) is 26.3 Å². The van der Waals surface area contributed by atoms with E-state index in [0.717, 1.165) is 6.07 Å². The van der Waals surface area contributed by atoms with Gasteiger partial charge >= 0.3 is 0 Å². The lowest BCUT2D eigenvalue weighted by atomic mass is 10.1. The number of nitrogens with one attached hydrogen (secondary N) is 1. The average Bonchev–Trinajstić information content (AvgIpc) is 2.18. The first-order chi connectivity index (χ1) is 8.28. The average molecular weight is 255 g/mol. The molecule has 3 N–H and O–H groups in total. The lowest BCUT2D eigenvalue weighted by molar-refractivity contribution is 0.508. The Bertz CT molecular complexity index is 436. The molecule has 0 spiro atoms. The topological polar surface area (TPSA) is 50.4 Å². The number of halogens is 2. The molecule has 3 nitrogen and oxygen atoms in total. The first-order valence-corrected chi connectivity index (χ1v) is 5.80. The molecule has 0 aromatic heterocycles. The van der Waals surface area contributed by atoms with Gasteiger partial charge in [-0.3, -0.25) is 4.99 Å². The molecule has 1 aromatic rings. The number of hydrogen-bond acceptors (Lipinski definition) is 1. The summed E-state index contributed by atoms with van der Waals surface area (Å²) in [6.07, 6.45) is 0.388. The van der Waals surface area contributed by atoms with Crippen molar-refractivity contribution in [3.63, 3.8) is 0 Å². The molecule has 0 saturated heterocycles. The van der Waals surface area contributed by atoms with Crippen molar-refractivity contribution in [1.29, 1.82) is 0 Å². The van der Waals surface area contributed by atoms with Crippen LogP contribution < -0.4 is 11.1 Å². The molecule has 0 unspecified atom stereocenters. The predicted octanol–water partition coefficient (Wildman–Crippen LogP) is 2.21. The third-order valence-electron chi connectivity index (χ3n) is 2.18. The lowest BCUT2D eigenvalue weighted by Crippen LogP contribution is -2.45. The number of aliphatic imine (C=N–C) groups is 1. The molecular weight excluding hydrogens is 236 g/mol. The van der Waals surface area contributed by atoms with Crippen LogP contribution in [0.2, 0.25) is 0 Å². The highest BCUT2D eigenvalue weighted by Crippen LogP contribution is 2.10. The second kappa shape index (κ2) is 5.80. The molecule has 5 heteroatoms. The fourth-order valence-electron chi connectivity index (χ4n) is 1.44. The van der Waals surface area contributed by atoms with E-state index >= 15 is 0 Å². The van der Waals surface area contributed by atoms with Crippen molar-refractivity contribution in [2.75, 3.05) is 6.54 Å². The van der Waals surface area contributed by atoms with Crippen molar-refractivity contribution in [1.82, 2.24) is 5.32 Å². The second-order valence-electron chi connectivity index (χ2n) is 5.13. The maximum Gasteiger partial charge on any atom is 0.188 e. The van der Waals surface area contributed by atoms with Crippen molar-refractivity contribution in [2.24, 2.45) is 10.7 Å². The molecule has 0 saturated carbocycles. The monoisotopic (exact) mass is 255 g/mol. The summed E-state index contributed by atoms with van der Waals surface area (Å²) in [6, 6.07) is 3.53. The molecule has 18 heavy (non-hydrogen) atoms. The van der Waals surface area contributed by atoms with E-state index in [1.165, 1.54) is 12.1 Å². The third-order valence-corrected chi connectivity index (χ3v) is 2.18. The minimum Gasteiger partial charge on any atom is -0.370 e. The Hall–Kier alpha value is -1.65. The van der Waals surface area contributed by atoms with Gasteiger partial charge < -0.3 is 11.1 Å². The van der Waals surface area contributed by atoms with Gasteiger partial charge in [0, 0.05) is 18.2 Å². The highest BCUT2D eigenvalue weighted by Gasteiger charge is 2.09. The van der Waals surface area contributed by atoms with Crippen LogP contribution in [0, 0.1) is 11.6 Å². The fourth-order valence-corrected chi connectivity index (χ4v) is 1.44. The summed E-state index contributed by atoms with van der Waals surface area (Å²) in [5, 5.41) is 3.00. The number of hydrogen-bond donors (Lipinski definition) is 2. The van der Waals surface area contributed by atoms with Gasteiger partial charge in [0.1, 0.15) is 11.6 Å². The van der Waals surface area contributed by atoms with Gasteiger partial charge in [0.05, 0.1) is 0 Å². The highest BCUT2D eigenvalue weighted by atomic mass is 19.1. The van der Waals surface area contributed by atoms with Gasteiger partial charge in [-0.15, -0.1) is 0 Å². The molecule has 0 amide bonds. The summed E-state index contributed by atoms with van der Waals surface area (Å²) in [4.78, 5) is 4.09. The second-order valence-corrected chi connectivity index (χ2v) is 5.13. The summed E-state index contributed by atoms with van der Waals surface area (Å²) in [5.74, 6) is -0.800. The Kier molecular flexibility index (Phi) is 4.64. The zero-order chi connectivity index (χ0) is 13.8. The summed E-state index contributed by atoms with van der Waals surface area (Å²) in [6.45, 7) is 6.26. The van der Waals surface area contributed by atoms with Gasteiger partial charge in [0.2, 0.25) is 0 Å². The Morgan fingerprint density at radius 1 is 1.33 bits per heavy atom. The molecule has 0 bridgehead atoms. The first-order valence-electron chi connectivity index (χ1n) is 5.80. The number of rotatable bonds is 3. The van der Waals surface area contributed by atoms with E-state index in [9.17, 15) is 8.78 Å². The van der Waals surface area contributed by atoms with E-state index in [0.29, 0.717) is 24.5 Å². The molecular formula is C13H19F2N3. The summed E-state index contributed by atoms with van der Waals surface area (Å²) < 4.78 is 26.0. The third kappa shape index (κ3) is 5.12. The van der Waals surface area contributed by atoms with E-state index in [-0.39, 0.29) is 5.54 Å². The van der Waals surface area contributed by atoms with E-state index in [4.69, 9.17) is 5.73 Å². The number of nitrogens with two attached hydrogens (primary N) is 1. The van der Waals surface area contributed by atoms with E-state index in [1.54, 1.807) is 0 Å². The summed E-state index contributed by atoms with van der Waals surface area (Å²) >= 11 is 0. The zero-order valence-electron chi connectivity index (χ0n) is 10.9. The highest BCUT2D eigenvalue weighted by molar-refractivity contribution is 5.78. The molecule has 0 atom stereocenters. The van der Waals surface area contributed by atoms with Gasteiger partial charge in [-0.1, -0.05) is 6.07 Å². The zero-order valence-corrected chi connectivity index (χ0v) is 10.9. The van der Waals surface area contributed by atoms with E-state index in [2.05, 4.69) is 10.3 Å². The maximum atomic E-state index is 13.3. The first kappa shape index (κ1) is 14.4. The molecule has 0 fully saturated rings. The summed E-state index contributed by atoms with van der Waals surface area (Å²) in [5.41, 5.74) is 5.95. The van der Waals surface area contributed by atoms with Crippen LogP contribution in [-0.2, 0) is 6.42 Å². The summed E-state index contributed by atoms with van der Waals surface area (Å²) in [7, 11) is 0. The molecule has 0 aliphatic carbocycles. The van der Waals surface area contributed by atoms with Crippen LogP contribution in [0.3, 0.4) is 0 Å². The number of guanidine groups is 1. The Labute approximate surface area is 106 Å². The molecule has 1 aromatic carbocycles. The largest absolute Gasteiger partial charge is 0.370 e. The lowest BCUT2D eigenvalue weighted by Gasteiger charge is -2.20. The van der Waals surface area contributed by atoms with Crippen LogP contribution in [0.5, 0.6) is 0 Å². The SMILES string of the molecule is CC(C)(C)NC(N)=NCCc1ccc(F)cc1F. The van der Waals surface area contributed by atoms with Crippen LogP contribution in [0.15, 0.2) is 23.2 Å². The Morgan fingerprint density at radius 3 is 2.56 bits per heavy atom. The van der Waals surface area contributed by atoms with Gasteiger partial charge in [0.25, 0.3) is 0 Å². The quantitative estimate of drug-likeness (QED) is 0.642. The number of nitrogens with zero attached hydrogens (tertiary/aromatic N) is 1. The maximum absolute atomic E-state index is 13.3. The molecule has 0 heterocycles. The Morgan fingerprint density at radius 2 is 2.00 bits per heavy atom. The van der Waals surface area contributed by atoms with Crippen molar-refractivity contribution in [3.05, 3.63) is 35.4 Å². The van der Waals surface area contributed by atoms with Crippen molar-refractivity contribution in [2.45, 2.75) is 32.7 Å². The fraction of sp³-hybridized carbons (Fsp3) is 0.462. The van der Waals surface area contributed by atoms with Gasteiger partial charge in [-0.2, -0.15) is 0 Å². The van der Waals surface area contributed by atoms with E-state index in [1.807, 2.05) is 20.8 Å². The van der Waals surface area contributed by atoms with Gasteiger partial charge in [0.15, 0.2) is 5.96 Å². The molecule has 1 rings (SSSR count). The minimum absolute atomic E-state index is 0.158. The van der Waals surface area contributed by atoms with Crippen LogP contribution >= 0.6 is 0 Å². The Balaban J connectivity index is 2.53.